The lowest BCUT2D eigenvalue weighted by molar-refractivity contribution is -0.139. The van der Waals surface area contributed by atoms with Crippen molar-refractivity contribution in [2.75, 3.05) is 26.4 Å². The number of nitrogens with zero attached hydrogens (tertiary/aromatic N) is 3. The van der Waals surface area contributed by atoms with Gasteiger partial charge in [-0.05, 0) is 48.7 Å². The number of rotatable bonds is 10. The van der Waals surface area contributed by atoms with Gasteiger partial charge in [-0.15, -0.1) is 0 Å². The smallest absolute Gasteiger partial charge is 0.295 e. The highest BCUT2D eigenvalue weighted by molar-refractivity contribution is 6.46. The van der Waals surface area contributed by atoms with Crippen LogP contribution >= 0.6 is 0 Å². The normalized spacial score (nSPS) is 18.1. The summed E-state index contributed by atoms with van der Waals surface area (Å²) in [5.41, 5.74) is 1.12. The number of benzene rings is 2. The van der Waals surface area contributed by atoms with Gasteiger partial charge in [0.15, 0.2) is 11.5 Å². The summed E-state index contributed by atoms with van der Waals surface area (Å²) in [6.07, 6.45) is 7.79. The number of Topliss-reactive ketones (excluding diaryl/α,β-unsaturated/α-hetero) is 1. The lowest BCUT2D eigenvalue weighted by atomic mass is 9.95. The van der Waals surface area contributed by atoms with Gasteiger partial charge in [-0.1, -0.05) is 25.5 Å². The molecule has 1 N–H and O–H groups in total. The van der Waals surface area contributed by atoms with E-state index in [0.717, 1.165) is 12.8 Å². The van der Waals surface area contributed by atoms with Gasteiger partial charge in [0, 0.05) is 31.0 Å². The first kappa shape index (κ1) is 25.4. The molecule has 0 bridgehead atoms. The van der Waals surface area contributed by atoms with Gasteiger partial charge in [-0.3, -0.25) is 9.59 Å². The molecule has 0 spiro atoms. The number of amides is 1. The fourth-order valence-electron chi connectivity index (χ4n) is 4.75. The Labute approximate surface area is 221 Å². The number of hydrogen-bond acceptors (Lipinski definition) is 7. The van der Waals surface area contributed by atoms with E-state index < -0.39 is 17.7 Å². The second-order valence-electron chi connectivity index (χ2n) is 9.28. The number of unbranched alkanes of at least 4 members (excludes halogenated alkanes) is 1. The number of ketones is 1. The number of aliphatic hydroxyl groups excluding tert-OH is 1. The van der Waals surface area contributed by atoms with Gasteiger partial charge in [0.1, 0.15) is 24.7 Å². The van der Waals surface area contributed by atoms with Crippen LogP contribution in [0.15, 0.2) is 66.8 Å². The first-order valence-corrected chi connectivity index (χ1v) is 12.9. The highest BCUT2D eigenvalue weighted by atomic mass is 16.6. The van der Waals surface area contributed by atoms with E-state index in [-0.39, 0.29) is 11.3 Å². The van der Waals surface area contributed by atoms with Crippen molar-refractivity contribution in [3.8, 4) is 17.2 Å². The molecule has 5 rings (SSSR count). The minimum absolute atomic E-state index is 0.0417. The van der Waals surface area contributed by atoms with Crippen molar-refractivity contribution in [1.29, 1.82) is 0 Å². The second kappa shape index (κ2) is 11.4. The highest BCUT2D eigenvalue weighted by Crippen LogP contribution is 2.41. The number of aryl methyl sites for hydroxylation is 1. The van der Waals surface area contributed by atoms with E-state index in [1.807, 2.05) is 35.0 Å². The molecular weight excluding hydrogens is 486 g/mol. The molecule has 9 heteroatoms. The summed E-state index contributed by atoms with van der Waals surface area (Å²) < 4.78 is 19.1. The van der Waals surface area contributed by atoms with Crippen molar-refractivity contribution < 1.29 is 28.9 Å². The summed E-state index contributed by atoms with van der Waals surface area (Å²) >= 11 is 0. The summed E-state index contributed by atoms with van der Waals surface area (Å²) in [4.78, 5) is 32.3. The molecule has 1 fully saturated rings. The molecule has 1 saturated heterocycles. The van der Waals surface area contributed by atoms with Crippen LogP contribution in [0, 0.1) is 0 Å². The van der Waals surface area contributed by atoms with E-state index >= 15 is 0 Å². The maximum Gasteiger partial charge on any atom is 0.295 e. The third-order valence-corrected chi connectivity index (χ3v) is 6.67. The standard InChI is InChI=1S/C29H31N3O6/c1-2-3-14-36-22-7-4-6-20(17-22)26-25(27(33)21-8-9-23-24(18-21)38-16-15-37-23)28(34)29(35)32(26)12-5-11-31-13-10-30-19-31/h4,6-10,13,17-19,26,33H,2-3,5,11-12,14-16H2,1H3. The third kappa shape index (κ3) is 5.22. The van der Waals surface area contributed by atoms with Crippen molar-refractivity contribution in [2.45, 2.75) is 38.8 Å². The molecular formula is C29H31N3O6. The highest BCUT2D eigenvalue weighted by Gasteiger charge is 2.46. The Hall–Kier alpha value is -4.27. The molecule has 0 radical (unpaired) electrons. The molecule has 38 heavy (non-hydrogen) atoms. The minimum atomic E-state index is -0.763. The lowest BCUT2D eigenvalue weighted by Crippen LogP contribution is -2.31. The summed E-state index contributed by atoms with van der Waals surface area (Å²) in [7, 11) is 0. The number of carbonyl (C=O) groups is 2. The average Bonchev–Trinajstić information content (AvgIpc) is 3.55. The molecule has 1 aromatic heterocycles. The number of fused-ring (bicyclic) bond motifs is 1. The third-order valence-electron chi connectivity index (χ3n) is 6.67. The summed E-state index contributed by atoms with van der Waals surface area (Å²) in [6.45, 7) is 4.46. The van der Waals surface area contributed by atoms with Gasteiger partial charge in [0.05, 0.1) is 24.5 Å². The lowest BCUT2D eigenvalue weighted by Gasteiger charge is -2.26. The predicted octanol–water partition coefficient (Wildman–Crippen LogP) is 4.35. The summed E-state index contributed by atoms with van der Waals surface area (Å²) in [5.74, 6) is 0.0948. The second-order valence-corrected chi connectivity index (χ2v) is 9.28. The first-order chi connectivity index (χ1) is 18.6. The van der Waals surface area contributed by atoms with Gasteiger partial charge in [-0.25, -0.2) is 4.98 Å². The van der Waals surface area contributed by atoms with Gasteiger partial charge in [0.25, 0.3) is 11.7 Å². The minimum Gasteiger partial charge on any atom is -0.507 e. The van der Waals surface area contributed by atoms with Gasteiger partial charge in [0.2, 0.25) is 0 Å². The maximum atomic E-state index is 13.4. The Morgan fingerprint density at radius 1 is 1.08 bits per heavy atom. The van der Waals surface area contributed by atoms with Crippen molar-refractivity contribution in [3.63, 3.8) is 0 Å². The summed E-state index contributed by atoms with van der Waals surface area (Å²) in [6, 6.07) is 11.6. The monoisotopic (exact) mass is 517 g/mol. The molecule has 2 aliphatic heterocycles. The Morgan fingerprint density at radius 3 is 2.71 bits per heavy atom. The maximum absolute atomic E-state index is 13.4. The van der Waals surface area contributed by atoms with Crippen LogP contribution in [0.4, 0.5) is 0 Å². The Balaban J connectivity index is 1.52. The molecule has 9 nitrogen and oxygen atoms in total. The number of likely N-dealkylation sites (tertiary alicyclic amines) is 1. The van der Waals surface area contributed by atoms with Crippen molar-refractivity contribution >= 4 is 17.4 Å². The van der Waals surface area contributed by atoms with E-state index in [4.69, 9.17) is 14.2 Å². The van der Waals surface area contributed by atoms with Gasteiger partial charge in [-0.2, -0.15) is 0 Å². The van der Waals surface area contributed by atoms with Gasteiger partial charge < -0.3 is 28.8 Å². The van der Waals surface area contributed by atoms with E-state index in [0.29, 0.717) is 67.7 Å². The molecule has 0 saturated carbocycles. The van der Waals surface area contributed by atoms with Gasteiger partial charge >= 0.3 is 0 Å². The molecule has 3 aromatic rings. The number of aromatic nitrogens is 2. The van der Waals surface area contributed by atoms with Crippen LogP contribution in [0.3, 0.4) is 0 Å². The SMILES string of the molecule is CCCCOc1cccc(C2C(=C(O)c3ccc4c(c3)OCCO4)C(=O)C(=O)N2CCCn2ccnc2)c1. The molecule has 2 aromatic carbocycles. The summed E-state index contributed by atoms with van der Waals surface area (Å²) in [5, 5.41) is 11.4. The van der Waals surface area contributed by atoms with Crippen LogP contribution < -0.4 is 14.2 Å². The Bertz CT molecular complexity index is 1330. The van der Waals surface area contributed by atoms with Crippen LogP contribution in [0.5, 0.6) is 17.2 Å². The topological polar surface area (TPSA) is 103 Å². The van der Waals surface area contributed by atoms with E-state index in [1.165, 1.54) is 4.90 Å². The van der Waals surface area contributed by atoms with Crippen LogP contribution in [0.1, 0.15) is 43.4 Å². The van der Waals surface area contributed by atoms with E-state index in [1.54, 1.807) is 30.7 Å². The Kier molecular flexibility index (Phi) is 7.62. The number of ether oxygens (including phenoxy) is 3. The zero-order valence-electron chi connectivity index (χ0n) is 21.3. The average molecular weight is 518 g/mol. The van der Waals surface area contributed by atoms with E-state index in [9.17, 15) is 14.7 Å². The molecule has 1 unspecified atom stereocenters. The van der Waals surface area contributed by atoms with Crippen LogP contribution in [-0.2, 0) is 16.1 Å². The zero-order valence-corrected chi connectivity index (χ0v) is 21.3. The zero-order chi connectivity index (χ0) is 26.5. The number of aliphatic hydroxyl groups is 1. The number of hydrogen-bond donors (Lipinski definition) is 1. The van der Waals surface area contributed by atoms with Crippen LogP contribution in [-0.4, -0.2) is 57.6 Å². The molecule has 2 aliphatic rings. The predicted molar refractivity (Wildman–Crippen MR) is 140 cm³/mol. The van der Waals surface area contributed by atoms with Crippen molar-refractivity contribution in [2.24, 2.45) is 0 Å². The molecule has 0 aliphatic carbocycles. The molecule has 198 valence electrons. The number of carbonyl (C=O) groups excluding carboxylic acids is 2. The number of imidazole rings is 1. The Morgan fingerprint density at radius 2 is 1.92 bits per heavy atom. The van der Waals surface area contributed by atoms with E-state index in [2.05, 4.69) is 11.9 Å². The van der Waals surface area contributed by atoms with Crippen LogP contribution in [0.2, 0.25) is 0 Å². The molecule has 1 amide bonds. The quantitative estimate of drug-likeness (QED) is 0.185. The first-order valence-electron chi connectivity index (χ1n) is 12.9. The van der Waals surface area contributed by atoms with Crippen molar-refractivity contribution in [3.05, 3.63) is 77.9 Å². The molecule has 3 heterocycles. The molecule has 1 atom stereocenters. The fourth-order valence-corrected chi connectivity index (χ4v) is 4.75. The van der Waals surface area contributed by atoms with Crippen LogP contribution in [0.25, 0.3) is 5.76 Å². The fraction of sp³-hybridized carbons (Fsp3) is 0.345. The largest absolute Gasteiger partial charge is 0.507 e. The van der Waals surface area contributed by atoms with Crippen molar-refractivity contribution in [1.82, 2.24) is 14.5 Å².